The second kappa shape index (κ2) is 9.98. The summed E-state index contributed by atoms with van der Waals surface area (Å²) in [5.41, 5.74) is 1.61. The maximum Gasteiger partial charge on any atom is 0.293 e. The second-order valence-electron chi connectivity index (χ2n) is 6.48. The predicted molar refractivity (Wildman–Crippen MR) is 119 cm³/mol. The van der Waals surface area contributed by atoms with Crippen molar-refractivity contribution in [1.82, 2.24) is 4.90 Å². The van der Waals surface area contributed by atoms with Gasteiger partial charge in [0.15, 0.2) is 0 Å². The molecule has 0 bridgehead atoms. The largest absolute Gasteiger partial charge is 0.496 e. The van der Waals surface area contributed by atoms with E-state index in [2.05, 4.69) is 22.9 Å². The van der Waals surface area contributed by atoms with Gasteiger partial charge in [-0.3, -0.25) is 14.5 Å². The average molecular weight is 476 g/mol. The minimum absolute atomic E-state index is 0.258. The number of unbranched alkanes of at least 4 members (excludes halogenated alkanes) is 1. The van der Waals surface area contributed by atoms with Crippen LogP contribution in [0.1, 0.15) is 30.9 Å². The van der Waals surface area contributed by atoms with Crippen LogP contribution in [0.5, 0.6) is 11.5 Å². The minimum Gasteiger partial charge on any atom is -0.496 e. The molecule has 0 spiro atoms. The van der Waals surface area contributed by atoms with Crippen LogP contribution in [0.15, 0.2) is 51.8 Å². The van der Waals surface area contributed by atoms with Gasteiger partial charge in [-0.2, -0.15) is 0 Å². The fourth-order valence-corrected chi connectivity index (χ4v) is 4.13. The Balaban J connectivity index is 1.83. The third kappa shape index (κ3) is 5.22. The number of benzene rings is 2. The van der Waals surface area contributed by atoms with Crippen LogP contribution in [0.25, 0.3) is 6.08 Å². The van der Waals surface area contributed by atoms with Gasteiger partial charge in [0.25, 0.3) is 11.1 Å². The van der Waals surface area contributed by atoms with Crippen molar-refractivity contribution in [3.05, 3.63) is 63.0 Å². The topological polar surface area (TPSA) is 55.8 Å². The Hall–Kier alpha value is -2.25. The molecule has 29 heavy (non-hydrogen) atoms. The molecule has 0 radical (unpaired) electrons. The van der Waals surface area contributed by atoms with E-state index in [0.717, 1.165) is 34.6 Å². The summed E-state index contributed by atoms with van der Waals surface area (Å²) in [6, 6.07) is 13.1. The summed E-state index contributed by atoms with van der Waals surface area (Å²) in [6.07, 6.45) is 3.70. The number of ether oxygens (including phenoxy) is 2. The monoisotopic (exact) mass is 475 g/mol. The van der Waals surface area contributed by atoms with Crippen LogP contribution >= 0.6 is 27.7 Å². The molecule has 2 amide bonds. The summed E-state index contributed by atoms with van der Waals surface area (Å²) >= 11 is 4.45. The summed E-state index contributed by atoms with van der Waals surface area (Å²) in [5, 5.41) is -0.275. The first-order chi connectivity index (χ1) is 14.0. The van der Waals surface area contributed by atoms with Crippen molar-refractivity contribution in [3.8, 4) is 11.5 Å². The molecule has 1 saturated heterocycles. The van der Waals surface area contributed by atoms with E-state index in [0.29, 0.717) is 28.6 Å². The summed E-state index contributed by atoms with van der Waals surface area (Å²) < 4.78 is 12.0. The van der Waals surface area contributed by atoms with Crippen LogP contribution in [-0.2, 0) is 11.3 Å². The normalized spacial score (nSPS) is 15.3. The molecule has 0 saturated carbocycles. The van der Waals surface area contributed by atoms with E-state index in [4.69, 9.17) is 9.47 Å². The van der Waals surface area contributed by atoms with Gasteiger partial charge in [-0.25, -0.2) is 0 Å². The van der Waals surface area contributed by atoms with Crippen LogP contribution in [0.4, 0.5) is 4.79 Å². The van der Waals surface area contributed by atoms with Crippen molar-refractivity contribution in [1.29, 1.82) is 0 Å². The molecular weight excluding hydrogens is 454 g/mol. The first-order valence-corrected chi connectivity index (χ1v) is 10.9. The first-order valence-electron chi connectivity index (χ1n) is 9.33. The lowest BCUT2D eigenvalue weighted by molar-refractivity contribution is -0.123. The SMILES string of the molecule is CCCCOc1cc(OC)c(/C=C2\SC(=O)N(Cc3ccccc3)C2=O)cc1Br. The summed E-state index contributed by atoms with van der Waals surface area (Å²) in [6.45, 7) is 2.98. The molecule has 7 heteroatoms. The molecule has 2 aromatic carbocycles. The van der Waals surface area contributed by atoms with Gasteiger partial charge in [0, 0.05) is 11.6 Å². The summed E-state index contributed by atoms with van der Waals surface area (Å²) in [7, 11) is 1.57. The Morgan fingerprint density at radius 2 is 1.90 bits per heavy atom. The number of halogens is 1. The summed E-state index contributed by atoms with van der Waals surface area (Å²) in [5.74, 6) is 0.962. The lowest BCUT2D eigenvalue weighted by Crippen LogP contribution is -2.27. The smallest absolute Gasteiger partial charge is 0.293 e. The zero-order valence-electron chi connectivity index (χ0n) is 16.3. The number of carbonyl (C=O) groups excluding carboxylic acids is 2. The van der Waals surface area contributed by atoms with Crippen LogP contribution < -0.4 is 9.47 Å². The van der Waals surface area contributed by atoms with Crippen molar-refractivity contribution < 1.29 is 19.1 Å². The van der Waals surface area contributed by atoms with E-state index >= 15 is 0 Å². The number of rotatable bonds is 8. The predicted octanol–water partition coefficient (Wildman–Crippen LogP) is 5.87. The standard InChI is InChI=1S/C22H22BrNO4S/c1-3-4-10-28-19-13-18(27-2)16(11-17(19)23)12-20-21(25)24(22(26)29-20)14-15-8-6-5-7-9-15/h5-9,11-13H,3-4,10,14H2,1-2H3/b20-12-. The maximum absolute atomic E-state index is 12.8. The Labute approximate surface area is 183 Å². The van der Waals surface area contributed by atoms with E-state index in [1.807, 2.05) is 36.4 Å². The molecule has 1 aliphatic rings. The summed E-state index contributed by atoms with van der Waals surface area (Å²) in [4.78, 5) is 26.8. The molecule has 0 atom stereocenters. The number of methoxy groups -OCH3 is 1. The van der Waals surface area contributed by atoms with Crippen molar-refractivity contribution in [2.24, 2.45) is 0 Å². The highest BCUT2D eigenvalue weighted by molar-refractivity contribution is 9.10. The first kappa shape index (κ1) is 21.5. The Bertz CT molecular complexity index is 930. The molecule has 0 unspecified atom stereocenters. The lowest BCUT2D eigenvalue weighted by atomic mass is 10.1. The number of carbonyl (C=O) groups is 2. The Kier molecular flexibility index (Phi) is 7.39. The zero-order chi connectivity index (χ0) is 20.8. The van der Waals surface area contributed by atoms with E-state index in [-0.39, 0.29) is 17.7 Å². The van der Waals surface area contributed by atoms with Gasteiger partial charge in [-0.05, 0) is 51.8 Å². The van der Waals surface area contributed by atoms with Crippen LogP contribution in [0.3, 0.4) is 0 Å². The van der Waals surface area contributed by atoms with E-state index in [1.54, 1.807) is 19.3 Å². The Morgan fingerprint density at radius 3 is 2.59 bits per heavy atom. The van der Waals surface area contributed by atoms with Gasteiger partial charge < -0.3 is 9.47 Å². The van der Waals surface area contributed by atoms with Crippen LogP contribution in [0.2, 0.25) is 0 Å². The number of nitrogens with zero attached hydrogens (tertiary/aromatic N) is 1. The van der Waals surface area contributed by atoms with Crippen molar-refractivity contribution in [3.63, 3.8) is 0 Å². The molecule has 1 fully saturated rings. The van der Waals surface area contributed by atoms with E-state index < -0.39 is 0 Å². The van der Waals surface area contributed by atoms with Crippen LogP contribution in [-0.4, -0.2) is 29.8 Å². The number of amides is 2. The molecule has 0 aliphatic carbocycles. The number of hydrogen-bond acceptors (Lipinski definition) is 5. The van der Waals surface area contributed by atoms with Crippen molar-refractivity contribution in [2.45, 2.75) is 26.3 Å². The fourth-order valence-electron chi connectivity index (χ4n) is 2.82. The third-order valence-electron chi connectivity index (χ3n) is 4.38. The Morgan fingerprint density at radius 1 is 1.14 bits per heavy atom. The number of hydrogen-bond donors (Lipinski definition) is 0. The number of imide groups is 1. The van der Waals surface area contributed by atoms with Gasteiger partial charge in [0.05, 0.1) is 29.6 Å². The second-order valence-corrected chi connectivity index (χ2v) is 8.33. The molecule has 1 aliphatic heterocycles. The molecule has 1 heterocycles. The molecule has 0 N–H and O–H groups in total. The molecule has 152 valence electrons. The van der Waals surface area contributed by atoms with Crippen molar-refractivity contribution in [2.75, 3.05) is 13.7 Å². The third-order valence-corrected chi connectivity index (χ3v) is 5.91. The van der Waals surface area contributed by atoms with Crippen LogP contribution in [0, 0.1) is 0 Å². The zero-order valence-corrected chi connectivity index (χ0v) is 18.7. The lowest BCUT2D eigenvalue weighted by Gasteiger charge is -2.13. The molecule has 3 rings (SSSR count). The molecular formula is C22H22BrNO4S. The molecule has 2 aromatic rings. The highest BCUT2D eigenvalue weighted by atomic mass is 79.9. The van der Waals surface area contributed by atoms with Gasteiger partial charge in [-0.1, -0.05) is 43.7 Å². The van der Waals surface area contributed by atoms with Gasteiger partial charge in [-0.15, -0.1) is 0 Å². The van der Waals surface area contributed by atoms with Gasteiger partial charge in [0.1, 0.15) is 11.5 Å². The van der Waals surface area contributed by atoms with Gasteiger partial charge >= 0.3 is 0 Å². The molecule has 0 aromatic heterocycles. The number of thioether (sulfide) groups is 1. The quantitative estimate of drug-likeness (QED) is 0.352. The fraction of sp³-hybridized carbons (Fsp3) is 0.273. The highest BCUT2D eigenvalue weighted by Gasteiger charge is 2.35. The van der Waals surface area contributed by atoms with Crippen molar-refractivity contribution >= 4 is 44.9 Å². The minimum atomic E-state index is -0.301. The molecule has 5 nitrogen and oxygen atoms in total. The average Bonchev–Trinajstić information content (AvgIpc) is 2.98. The van der Waals surface area contributed by atoms with Gasteiger partial charge in [0.2, 0.25) is 0 Å². The maximum atomic E-state index is 12.8. The highest BCUT2D eigenvalue weighted by Crippen LogP contribution is 2.38. The van der Waals surface area contributed by atoms with E-state index in [1.165, 1.54) is 4.90 Å². The van der Waals surface area contributed by atoms with E-state index in [9.17, 15) is 9.59 Å².